The van der Waals surface area contributed by atoms with Gasteiger partial charge in [-0.2, -0.15) is 0 Å². The molecule has 0 unspecified atom stereocenters. The molecular weight excluding hydrogens is 441 g/mol. The van der Waals surface area contributed by atoms with Gasteiger partial charge in [0.05, 0.1) is 28.0 Å². The van der Waals surface area contributed by atoms with Gasteiger partial charge in [-0.1, -0.05) is 24.3 Å². The molecule has 0 saturated carbocycles. The van der Waals surface area contributed by atoms with E-state index in [0.29, 0.717) is 5.56 Å². The van der Waals surface area contributed by atoms with E-state index in [1.54, 1.807) is 42.6 Å². The number of aromatic nitrogens is 2. The Labute approximate surface area is 203 Å². The van der Waals surface area contributed by atoms with E-state index in [2.05, 4.69) is 37.1 Å². The van der Waals surface area contributed by atoms with Crippen LogP contribution in [0, 0.1) is 5.82 Å². The van der Waals surface area contributed by atoms with Crippen molar-refractivity contribution in [1.82, 2.24) is 9.97 Å². The number of aromatic carboxylic acids is 1. The van der Waals surface area contributed by atoms with Crippen LogP contribution in [0.5, 0.6) is 0 Å². The van der Waals surface area contributed by atoms with Crippen LogP contribution < -0.4 is 5.32 Å². The Hall–Kier alpha value is -4.32. The number of rotatable bonds is 3. The topological polar surface area (TPSA) is 75.1 Å². The van der Waals surface area contributed by atoms with Crippen LogP contribution in [0.3, 0.4) is 0 Å². The molecule has 2 aromatic heterocycles. The third-order valence-corrected chi connectivity index (χ3v) is 5.20. The van der Waals surface area contributed by atoms with Crippen molar-refractivity contribution in [3.8, 4) is 11.3 Å². The second-order valence-electron chi connectivity index (χ2n) is 9.18. The minimum Gasteiger partial charge on any atom is -0.478 e. The van der Waals surface area contributed by atoms with Crippen molar-refractivity contribution >= 4 is 33.5 Å². The van der Waals surface area contributed by atoms with Crippen LogP contribution in [0.2, 0.25) is 0 Å². The summed E-state index contributed by atoms with van der Waals surface area (Å²) >= 11 is 0. The van der Waals surface area contributed by atoms with Gasteiger partial charge in [0.1, 0.15) is 5.82 Å². The van der Waals surface area contributed by atoms with Gasteiger partial charge < -0.3 is 10.4 Å². The standard InChI is InChI=1S/C19H19FN2.C10H7NO2/c1-19(2,3)22-17-12-14-6-4-5-7-16(14)21-18(17)13-8-10-15(20)11-9-13;12-10(13)8-3-4-9-7(6-8)2-1-5-11-9/h4-12,22H,1-3H3;1-6H,(H,12,13). The number of benzene rings is 3. The molecule has 0 aliphatic rings. The molecule has 3 aromatic carbocycles. The highest BCUT2D eigenvalue weighted by Gasteiger charge is 2.15. The summed E-state index contributed by atoms with van der Waals surface area (Å²) in [5, 5.41) is 14.2. The molecule has 0 atom stereocenters. The van der Waals surface area contributed by atoms with Crippen molar-refractivity contribution in [3.05, 3.63) is 103 Å². The number of carboxylic acid groups (broad SMARTS) is 1. The first kappa shape index (κ1) is 23.8. The van der Waals surface area contributed by atoms with Crippen LogP contribution in [0.1, 0.15) is 31.1 Å². The summed E-state index contributed by atoms with van der Waals surface area (Å²) in [5.41, 5.74) is 4.65. The summed E-state index contributed by atoms with van der Waals surface area (Å²) < 4.78 is 13.2. The van der Waals surface area contributed by atoms with Crippen LogP contribution in [0.4, 0.5) is 10.1 Å². The number of hydrogen-bond acceptors (Lipinski definition) is 4. The molecular formula is C29H26FN3O2. The average molecular weight is 468 g/mol. The van der Waals surface area contributed by atoms with Crippen LogP contribution >= 0.6 is 0 Å². The predicted octanol–water partition coefficient (Wildman–Crippen LogP) is 7.18. The van der Waals surface area contributed by atoms with E-state index in [-0.39, 0.29) is 11.4 Å². The molecule has 2 heterocycles. The minimum atomic E-state index is -0.911. The first-order chi connectivity index (χ1) is 16.7. The van der Waals surface area contributed by atoms with E-state index in [1.807, 2.05) is 30.3 Å². The Kier molecular flexibility index (Phi) is 6.73. The van der Waals surface area contributed by atoms with Gasteiger partial charge in [-0.15, -0.1) is 0 Å². The maximum atomic E-state index is 13.2. The molecule has 0 amide bonds. The molecule has 0 aliphatic carbocycles. The molecule has 0 bridgehead atoms. The Bertz CT molecular complexity index is 1490. The maximum absolute atomic E-state index is 13.2. The molecule has 0 aliphatic heterocycles. The lowest BCUT2D eigenvalue weighted by Gasteiger charge is -2.24. The number of nitrogens with one attached hydrogen (secondary N) is 1. The van der Waals surface area contributed by atoms with Crippen LogP contribution in [-0.2, 0) is 0 Å². The van der Waals surface area contributed by atoms with Crippen LogP contribution in [0.15, 0.2) is 91.1 Å². The Morgan fingerprint density at radius 1 is 0.857 bits per heavy atom. The average Bonchev–Trinajstić information content (AvgIpc) is 2.83. The van der Waals surface area contributed by atoms with E-state index in [4.69, 9.17) is 10.1 Å². The van der Waals surface area contributed by atoms with Crippen LogP contribution in [0.25, 0.3) is 33.1 Å². The number of pyridine rings is 2. The summed E-state index contributed by atoms with van der Waals surface area (Å²) in [5.74, 6) is -1.15. The smallest absolute Gasteiger partial charge is 0.335 e. The fourth-order valence-corrected chi connectivity index (χ4v) is 3.65. The molecule has 176 valence electrons. The summed E-state index contributed by atoms with van der Waals surface area (Å²) in [4.78, 5) is 19.5. The third kappa shape index (κ3) is 5.98. The number of para-hydroxylation sites is 1. The second-order valence-corrected chi connectivity index (χ2v) is 9.18. The highest BCUT2D eigenvalue weighted by Crippen LogP contribution is 2.31. The fourth-order valence-electron chi connectivity index (χ4n) is 3.65. The van der Waals surface area contributed by atoms with Gasteiger partial charge in [-0.05, 0) is 81.4 Å². The lowest BCUT2D eigenvalue weighted by Crippen LogP contribution is -2.26. The SMILES string of the molecule is CC(C)(C)Nc1cc2ccccc2nc1-c1ccc(F)cc1.O=C(O)c1ccc2ncccc2c1. The van der Waals surface area contributed by atoms with E-state index in [0.717, 1.165) is 38.8 Å². The van der Waals surface area contributed by atoms with Crippen molar-refractivity contribution in [2.75, 3.05) is 5.32 Å². The number of nitrogens with zero attached hydrogens (tertiary/aromatic N) is 2. The summed E-state index contributed by atoms with van der Waals surface area (Å²) in [6, 6.07) is 25.1. The molecule has 35 heavy (non-hydrogen) atoms. The summed E-state index contributed by atoms with van der Waals surface area (Å²) in [7, 11) is 0. The number of halogens is 1. The molecule has 5 aromatic rings. The Balaban J connectivity index is 0.000000189. The van der Waals surface area contributed by atoms with E-state index >= 15 is 0 Å². The molecule has 2 N–H and O–H groups in total. The zero-order chi connectivity index (χ0) is 25.0. The monoisotopic (exact) mass is 467 g/mol. The first-order valence-electron chi connectivity index (χ1n) is 11.2. The molecule has 6 heteroatoms. The van der Waals surface area contributed by atoms with Gasteiger partial charge in [0.2, 0.25) is 0 Å². The molecule has 5 rings (SSSR count). The van der Waals surface area contributed by atoms with E-state index < -0.39 is 5.97 Å². The van der Waals surface area contributed by atoms with E-state index in [9.17, 15) is 9.18 Å². The van der Waals surface area contributed by atoms with Gasteiger partial charge in [0, 0.05) is 28.1 Å². The number of fused-ring (bicyclic) bond motifs is 2. The zero-order valence-electron chi connectivity index (χ0n) is 19.8. The van der Waals surface area contributed by atoms with Gasteiger partial charge >= 0.3 is 5.97 Å². The second kappa shape index (κ2) is 9.89. The predicted molar refractivity (Wildman–Crippen MR) is 139 cm³/mol. The van der Waals surface area contributed by atoms with Gasteiger partial charge in [-0.25, -0.2) is 14.2 Å². The number of carbonyl (C=O) groups is 1. The van der Waals surface area contributed by atoms with Crippen molar-refractivity contribution in [3.63, 3.8) is 0 Å². The molecule has 0 spiro atoms. The number of anilines is 1. The highest BCUT2D eigenvalue weighted by molar-refractivity contribution is 5.93. The molecule has 0 radical (unpaired) electrons. The quantitative estimate of drug-likeness (QED) is 0.294. The maximum Gasteiger partial charge on any atom is 0.335 e. The normalized spacial score (nSPS) is 11.1. The number of hydrogen-bond donors (Lipinski definition) is 2. The summed E-state index contributed by atoms with van der Waals surface area (Å²) in [6.07, 6.45) is 1.68. The lowest BCUT2D eigenvalue weighted by molar-refractivity contribution is 0.0697. The van der Waals surface area contributed by atoms with Crippen molar-refractivity contribution in [1.29, 1.82) is 0 Å². The molecule has 0 fully saturated rings. The van der Waals surface area contributed by atoms with Crippen molar-refractivity contribution in [2.45, 2.75) is 26.3 Å². The first-order valence-corrected chi connectivity index (χ1v) is 11.2. The van der Waals surface area contributed by atoms with Crippen molar-refractivity contribution in [2.24, 2.45) is 0 Å². The Morgan fingerprint density at radius 2 is 1.54 bits per heavy atom. The Morgan fingerprint density at radius 3 is 2.26 bits per heavy atom. The fraction of sp³-hybridized carbons (Fsp3) is 0.138. The summed E-state index contributed by atoms with van der Waals surface area (Å²) in [6.45, 7) is 6.32. The van der Waals surface area contributed by atoms with Gasteiger partial charge in [-0.3, -0.25) is 4.98 Å². The van der Waals surface area contributed by atoms with Crippen molar-refractivity contribution < 1.29 is 14.3 Å². The zero-order valence-corrected chi connectivity index (χ0v) is 19.8. The minimum absolute atomic E-state index is 0.0844. The molecule has 0 saturated heterocycles. The third-order valence-electron chi connectivity index (χ3n) is 5.20. The largest absolute Gasteiger partial charge is 0.478 e. The van der Waals surface area contributed by atoms with E-state index in [1.165, 1.54) is 12.1 Å². The van der Waals surface area contributed by atoms with Gasteiger partial charge in [0.25, 0.3) is 0 Å². The molecule has 5 nitrogen and oxygen atoms in total. The number of carboxylic acids is 1. The highest BCUT2D eigenvalue weighted by atomic mass is 19.1. The lowest BCUT2D eigenvalue weighted by atomic mass is 10.0. The van der Waals surface area contributed by atoms with Crippen LogP contribution in [-0.4, -0.2) is 26.6 Å². The van der Waals surface area contributed by atoms with Gasteiger partial charge in [0.15, 0.2) is 0 Å².